The summed E-state index contributed by atoms with van der Waals surface area (Å²) in [7, 11) is 4.04. The fourth-order valence-electron chi connectivity index (χ4n) is 2.46. The van der Waals surface area contributed by atoms with Gasteiger partial charge in [0.05, 0.1) is 0 Å². The van der Waals surface area contributed by atoms with Crippen LogP contribution in [0.4, 0.5) is 0 Å². The second-order valence-electron chi connectivity index (χ2n) is 5.17. The smallest absolute Gasteiger partial charge is 0.224 e. The molecule has 0 aromatic rings. The summed E-state index contributed by atoms with van der Waals surface area (Å²) in [6.07, 6.45) is 5.36. The second kappa shape index (κ2) is 11.8. The largest absolute Gasteiger partial charge is 0.355 e. The van der Waals surface area contributed by atoms with E-state index in [-0.39, 0.29) is 36.6 Å². The number of hydrogen-bond donors (Lipinski definition) is 2. The van der Waals surface area contributed by atoms with Crippen LogP contribution in [0.1, 0.15) is 32.6 Å². The average Bonchev–Trinajstić information content (AvgIpc) is 2.82. The van der Waals surface area contributed by atoms with Gasteiger partial charge in [-0.25, -0.2) is 0 Å². The molecule has 0 heterocycles. The molecule has 0 spiro atoms. The number of amides is 1. The number of nitrogens with one attached hydrogen (secondary N) is 2. The van der Waals surface area contributed by atoms with Crippen LogP contribution >= 0.6 is 24.8 Å². The van der Waals surface area contributed by atoms with Crippen molar-refractivity contribution in [3.63, 3.8) is 0 Å². The maximum absolute atomic E-state index is 11.7. The minimum Gasteiger partial charge on any atom is -0.355 e. The number of carbonyl (C=O) groups excluding carboxylic acids is 1. The summed E-state index contributed by atoms with van der Waals surface area (Å²) < 4.78 is 0. The second-order valence-corrected chi connectivity index (χ2v) is 5.17. The Balaban J connectivity index is 0. The molecule has 0 bridgehead atoms. The summed E-state index contributed by atoms with van der Waals surface area (Å²) in [4.78, 5) is 14.1. The zero-order valence-electron chi connectivity index (χ0n) is 12.3. The van der Waals surface area contributed by atoms with Gasteiger partial charge in [0.1, 0.15) is 0 Å². The number of hydrogen-bond acceptors (Lipinski definition) is 3. The zero-order chi connectivity index (χ0) is 12.7. The van der Waals surface area contributed by atoms with Crippen LogP contribution in [-0.2, 0) is 4.79 Å². The van der Waals surface area contributed by atoms with Crippen molar-refractivity contribution >= 4 is 30.7 Å². The Hall–Kier alpha value is -0.0300. The van der Waals surface area contributed by atoms with Gasteiger partial charge in [0, 0.05) is 31.6 Å². The van der Waals surface area contributed by atoms with E-state index in [1.807, 2.05) is 14.0 Å². The van der Waals surface area contributed by atoms with Crippen LogP contribution < -0.4 is 10.6 Å². The molecule has 4 nitrogen and oxygen atoms in total. The van der Waals surface area contributed by atoms with Crippen molar-refractivity contribution in [2.24, 2.45) is 5.92 Å². The molecule has 1 unspecified atom stereocenters. The summed E-state index contributed by atoms with van der Waals surface area (Å²) >= 11 is 0. The van der Waals surface area contributed by atoms with Gasteiger partial charge in [0.15, 0.2) is 0 Å². The Morgan fingerprint density at radius 1 is 1.32 bits per heavy atom. The lowest BCUT2D eigenvalue weighted by Gasteiger charge is -2.24. The predicted octanol–water partition coefficient (Wildman–Crippen LogP) is 1.68. The molecule has 1 aliphatic carbocycles. The highest BCUT2D eigenvalue weighted by Gasteiger charge is 2.19. The molecular weight excluding hydrogens is 285 g/mol. The summed E-state index contributed by atoms with van der Waals surface area (Å²) in [5, 5.41) is 6.02. The molecule has 1 fully saturated rings. The van der Waals surface area contributed by atoms with E-state index in [1.54, 1.807) is 0 Å². The van der Waals surface area contributed by atoms with Gasteiger partial charge in [-0.05, 0) is 26.9 Å². The van der Waals surface area contributed by atoms with Gasteiger partial charge in [0.2, 0.25) is 5.91 Å². The molecule has 1 rings (SSSR count). The quantitative estimate of drug-likeness (QED) is 0.751. The maximum Gasteiger partial charge on any atom is 0.224 e. The number of likely N-dealkylation sites (N-methyl/N-ethyl adjacent to an activating group) is 1. The number of carbonyl (C=O) groups is 1. The van der Waals surface area contributed by atoms with E-state index >= 15 is 0 Å². The fourth-order valence-corrected chi connectivity index (χ4v) is 2.46. The molecular formula is C13H29Cl2N3O. The lowest BCUT2D eigenvalue weighted by Crippen LogP contribution is -2.40. The number of rotatable bonds is 7. The maximum atomic E-state index is 11.7. The van der Waals surface area contributed by atoms with Crippen LogP contribution in [0, 0.1) is 5.92 Å². The van der Waals surface area contributed by atoms with Gasteiger partial charge < -0.3 is 15.5 Å². The molecule has 1 saturated carbocycles. The Morgan fingerprint density at radius 2 is 1.89 bits per heavy atom. The molecule has 116 valence electrons. The summed E-state index contributed by atoms with van der Waals surface area (Å²) in [6.45, 7) is 4.42. The normalized spacial score (nSPS) is 16.6. The molecule has 0 saturated heterocycles. The Labute approximate surface area is 129 Å². The topological polar surface area (TPSA) is 44.4 Å². The number of nitrogens with zero attached hydrogens (tertiary/aromatic N) is 1. The van der Waals surface area contributed by atoms with E-state index in [1.165, 1.54) is 25.7 Å². The first kappa shape index (κ1) is 21.3. The van der Waals surface area contributed by atoms with Crippen LogP contribution in [0.15, 0.2) is 0 Å². The Morgan fingerprint density at radius 3 is 2.42 bits per heavy atom. The average molecular weight is 314 g/mol. The highest BCUT2D eigenvalue weighted by Crippen LogP contribution is 2.21. The molecule has 0 aromatic heterocycles. The lowest BCUT2D eigenvalue weighted by molar-refractivity contribution is -0.124. The molecule has 1 atom stereocenters. The Bertz CT molecular complexity index is 236. The van der Waals surface area contributed by atoms with E-state index in [0.717, 1.165) is 25.7 Å². The highest BCUT2D eigenvalue weighted by atomic mass is 35.5. The van der Waals surface area contributed by atoms with E-state index in [0.29, 0.717) is 0 Å². The van der Waals surface area contributed by atoms with Crippen LogP contribution in [0.25, 0.3) is 0 Å². The minimum absolute atomic E-state index is 0. The van der Waals surface area contributed by atoms with Crippen LogP contribution in [0.3, 0.4) is 0 Å². The summed E-state index contributed by atoms with van der Waals surface area (Å²) in [6, 6.07) is 0.738. The van der Waals surface area contributed by atoms with Gasteiger partial charge in [-0.1, -0.05) is 19.8 Å². The van der Waals surface area contributed by atoms with E-state index in [9.17, 15) is 4.79 Å². The van der Waals surface area contributed by atoms with Gasteiger partial charge in [-0.3, -0.25) is 4.79 Å². The third kappa shape index (κ3) is 7.98. The molecule has 19 heavy (non-hydrogen) atoms. The van der Waals surface area contributed by atoms with E-state index in [2.05, 4.69) is 22.6 Å². The van der Waals surface area contributed by atoms with Crippen molar-refractivity contribution in [3.05, 3.63) is 0 Å². The van der Waals surface area contributed by atoms with Crippen molar-refractivity contribution in [2.45, 2.75) is 38.6 Å². The highest BCUT2D eigenvalue weighted by molar-refractivity contribution is 5.85. The zero-order valence-corrected chi connectivity index (χ0v) is 13.9. The van der Waals surface area contributed by atoms with Crippen molar-refractivity contribution in [1.82, 2.24) is 15.5 Å². The van der Waals surface area contributed by atoms with E-state index < -0.39 is 0 Å². The lowest BCUT2D eigenvalue weighted by atomic mass is 10.1. The third-order valence-corrected chi connectivity index (χ3v) is 3.67. The van der Waals surface area contributed by atoms with Gasteiger partial charge in [-0.2, -0.15) is 0 Å². The molecule has 0 aromatic carbocycles. The molecule has 1 aliphatic rings. The molecule has 2 N–H and O–H groups in total. The van der Waals surface area contributed by atoms with Crippen molar-refractivity contribution < 1.29 is 4.79 Å². The fraction of sp³-hybridized carbons (Fsp3) is 0.923. The van der Waals surface area contributed by atoms with Crippen molar-refractivity contribution in [2.75, 3.05) is 33.7 Å². The van der Waals surface area contributed by atoms with Gasteiger partial charge in [0.25, 0.3) is 0 Å². The first-order valence-corrected chi connectivity index (χ1v) is 6.77. The SMILES string of the molecule is CNCC(C)C(=O)NCCN(C)C1CCCC1.Cl.Cl. The van der Waals surface area contributed by atoms with E-state index in [4.69, 9.17) is 0 Å². The first-order valence-electron chi connectivity index (χ1n) is 6.77. The standard InChI is InChI=1S/C13H27N3O.2ClH/c1-11(10-14-2)13(17)15-8-9-16(3)12-6-4-5-7-12;;/h11-12,14H,4-10H2,1-3H3,(H,15,17);2*1H. The molecule has 0 aliphatic heterocycles. The molecule has 6 heteroatoms. The Kier molecular flexibility index (Phi) is 13.2. The predicted molar refractivity (Wildman–Crippen MR) is 85.5 cm³/mol. The summed E-state index contributed by atoms with van der Waals surface area (Å²) in [5.74, 6) is 0.205. The first-order chi connectivity index (χ1) is 8.15. The van der Waals surface area contributed by atoms with Gasteiger partial charge >= 0.3 is 0 Å². The molecule has 1 amide bonds. The van der Waals surface area contributed by atoms with Crippen LogP contribution in [0.2, 0.25) is 0 Å². The third-order valence-electron chi connectivity index (χ3n) is 3.67. The summed E-state index contributed by atoms with van der Waals surface area (Å²) in [5.41, 5.74) is 0. The van der Waals surface area contributed by atoms with Crippen molar-refractivity contribution in [1.29, 1.82) is 0 Å². The van der Waals surface area contributed by atoms with Crippen LogP contribution in [-0.4, -0.2) is 50.6 Å². The monoisotopic (exact) mass is 313 g/mol. The van der Waals surface area contributed by atoms with Crippen LogP contribution in [0.5, 0.6) is 0 Å². The van der Waals surface area contributed by atoms with Crippen molar-refractivity contribution in [3.8, 4) is 0 Å². The molecule has 0 radical (unpaired) electrons. The number of halogens is 2. The minimum atomic E-state index is 0. The van der Waals surface area contributed by atoms with Gasteiger partial charge in [-0.15, -0.1) is 24.8 Å².